The summed E-state index contributed by atoms with van der Waals surface area (Å²) in [5.41, 5.74) is 2.48. The summed E-state index contributed by atoms with van der Waals surface area (Å²) in [5, 5.41) is 5.93. The molecular formula is C21H28N4O3. The van der Waals surface area contributed by atoms with E-state index in [1.54, 1.807) is 0 Å². The Bertz CT molecular complexity index is 784. The first-order chi connectivity index (χ1) is 13.5. The fourth-order valence-electron chi connectivity index (χ4n) is 3.42. The molecule has 2 aromatic rings. The molecule has 7 nitrogen and oxygen atoms in total. The summed E-state index contributed by atoms with van der Waals surface area (Å²) in [7, 11) is 0. The number of carbonyl (C=O) groups is 1. The van der Waals surface area contributed by atoms with Crippen LogP contribution < -0.4 is 20.1 Å². The van der Waals surface area contributed by atoms with E-state index in [2.05, 4.69) is 20.6 Å². The molecule has 0 aliphatic heterocycles. The minimum atomic E-state index is -0.214. The van der Waals surface area contributed by atoms with E-state index < -0.39 is 0 Å². The van der Waals surface area contributed by atoms with Crippen molar-refractivity contribution in [1.29, 1.82) is 0 Å². The second kappa shape index (κ2) is 9.39. The van der Waals surface area contributed by atoms with E-state index in [4.69, 9.17) is 9.47 Å². The summed E-state index contributed by atoms with van der Waals surface area (Å²) >= 11 is 0. The number of anilines is 1. The Hall–Kier alpha value is -2.83. The lowest BCUT2D eigenvalue weighted by Crippen LogP contribution is -2.41. The molecule has 0 unspecified atom stereocenters. The van der Waals surface area contributed by atoms with Crippen molar-refractivity contribution in [2.45, 2.75) is 58.6 Å². The molecule has 1 aliphatic carbocycles. The van der Waals surface area contributed by atoms with Crippen molar-refractivity contribution < 1.29 is 14.3 Å². The Labute approximate surface area is 165 Å². The molecule has 150 valence electrons. The van der Waals surface area contributed by atoms with Crippen molar-refractivity contribution in [2.75, 3.05) is 11.9 Å². The zero-order valence-corrected chi connectivity index (χ0v) is 16.7. The number of nitrogens with one attached hydrogen (secondary N) is 2. The Morgan fingerprint density at radius 3 is 2.46 bits per heavy atom. The average Bonchev–Trinajstić information content (AvgIpc) is 2.64. The number of amides is 2. The van der Waals surface area contributed by atoms with Crippen molar-refractivity contribution in [3.8, 4) is 11.8 Å². The Morgan fingerprint density at radius 2 is 1.79 bits per heavy atom. The molecule has 3 rings (SSSR count). The van der Waals surface area contributed by atoms with E-state index in [0.29, 0.717) is 24.1 Å². The van der Waals surface area contributed by atoms with Crippen LogP contribution in [-0.2, 0) is 0 Å². The number of carbonyl (C=O) groups excluding carboxylic acids is 1. The van der Waals surface area contributed by atoms with Gasteiger partial charge in [0.2, 0.25) is 0 Å². The van der Waals surface area contributed by atoms with E-state index >= 15 is 0 Å². The topological polar surface area (TPSA) is 85.4 Å². The second-order valence-electron chi connectivity index (χ2n) is 7.05. The van der Waals surface area contributed by atoms with Gasteiger partial charge < -0.3 is 20.1 Å². The third-order valence-corrected chi connectivity index (χ3v) is 4.68. The molecule has 1 fully saturated rings. The summed E-state index contributed by atoms with van der Waals surface area (Å²) in [6.45, 7) is 6.34. The maximum absolute atomic E-state index is 12.4. The molecule has 1 aromatic carbocycles. The number of hydrogen-bond donors (Lipinski definition) is 2. The Morgan fingerprint density at radius 1 is 1.11 bits per heavy atom. The van der Waals surface area contributed by atoms with Gasteiger partial charge in [-0.1, -0.05) is 12.1 Å². The van der Waals surface area contributed by atoms with Crippen LogP contribution in [0.5, 0.6) is 11.8 Å². The number of rotatable bonds is 6. The van der Waals surface area contributed by atoms with Gasteiger partial charge in [-0.2, -0.15) is 0 Å². The zero-order chi connectivity index (χ0) is 19.9. The van der Waals surface area contributed by atoms with Crippen LogP contribution in [0.2, 0.25) is 0 Å². The Kier molecular flexibility index (Phi) is 6.68. The van der Waals surface area contributed by atoms with Gasteiger partial charge in [0.1, 0.15) is 11.9 Å². The summed E-state index contributed by atoms with van der Waals surface area (Å²) in [5.74, 6) is 0.672. The first-order valence-electron chi connectivity index (χ1n) is 9.81. The maximum Gasteiger partial charge on any atom is 0.319 e. The minimum Gasteiger partial charge on any atom is -0.492 e. The van der Waals surface area contributed by atoms with Gasteiger partial charge in [0.15, 0.2) is 0 Å². The fourth-order valence-corrected chi connectivity index (χ4v) is 3.42. The number of urea groups is 1. The van der Waals surface area contributed by atoms with Gasteiger partial charge in [-0.3, -0.25) is 0 Å². The molecule has 7 heteroatoms. The molecule has 1 saturated carbocycles. The van der Waals surface area contributed by atoms with Crippen LogP contribution in [0, 0.1) is 13.8 Å². The van der Waals surface area contributed by atoms with Crippen LogP contribution in [-0.4, -0.2) is 34.8 Å². The molecule has 0 spiro atoms. The van der Waals surface area contributed by atoms with E-state index in [0.717, 1.165) is 37.1 Å². The molecule has 1 aromatic heterocycles. The minimum absolute atomic E-state index is 0.0843. The van der Waals surface area contributed by atoms with E-state index in [1.807, 2.05) is 51.1 Å². The molecule has 2 amide bonds. The molecule has 0 saturated heterocycles. The van der Waals surface area contributed by atoms with Gasteiger partial charge in [-0.05, 0) is 64.7 Å². The van der Waals surface area contributed by atoms with Crippen molar-refractivity contribution in [2.24, 2.45) is 0 Å². The number of para-hydroxylation sites is 2. The van der Waals surface area contributed by atoms with Gasteiger partial charge in [-0.15, -0.1) is 0 Å². The highest BCUT2D eigenvalue weighted by Gasteiger charge is 2.24. The SMILES string of the molecule is CCOc1ccccc1NC(=O)NC1CCC(Oc2nc(C)cc(C)n2)CC1. The van der Waals surface area contributed by atoms with E-state index in [1.165, 1.54) is 0 Å². The van der Waals surface area contributed by atoms with Crippen LogP contribution in [0.25, 0.3) is 0 Å². The monoisotopic (exact) mass is 384 g/mol. The van der Waals surface area contributed by atoms with Crippen molar-refractivity contribution in [3.63, 3.8) is 0 Å². The van der Waals surface area contributed by atoms with Gasteiger partial charge in [0.25, 0.3) is 0 Å². The predicted octanol–water partition coefficient (Wildman–Crippen LogP) is 4.00. The zero-order valence-electron chi connectivity index (χ0n) is 16.7. The van der Waals surface area contributed by atoms with Crippen molar-refractivity contribution in [1.82, 2.24) is 15.3 Å². The normalized spacial score (nSPS) is 19.0. The lowest BCUT2D eigenvalue weighted by Gasteiger charge is -2.29. The molecule has 28 heavy (non-hydrogen) atoms. The highest BCUT2D eigenvalue weighted by atomic mass is 16.5. The van der Waals surface area contributed by atoms with Crippen LogP contribution in [0.15, 0.2) is 30.3 Å². The van der Waals surface area contributed by atoms with Crippen LogP contribution >= 0.6 is 0 Å². The highest BCUT2D eigenvalue weighted by molar-refractivity contribution is 5.91. The predicted molar refractivity (Wildman–Crippen MR) is 108 cm³/mol. The first-order valence-corrected chi connectivity index (χ1v) is 9.81. The lowest BCUT2D eigenvalue weighted by molar-refractivity contribution is 0.129. The lowest BCUT2D eigenvalue weighted by atomic mass is 9.93. The van der Waals surface area contributed by atoms with Crippen LogP contribution in [0.1, 0.15) is 44.0 Å². The summed E-state index contributed by atoms with van der Waals surface area (Å²) < 4.78 is 11.5. The Balaban J connectivity index is 1.47. The molecule has 1 heterocycles. The maximum atomic E-state index is 12.4. The third kappa shape index (κ3) is 5.58. The van der Waals surface area contributed by atoms with Crippen LogP contribution in [0.4, 0.5) is 10.5 Å². The van der Waals surface area contributed by atoms with Gasteiger partial charge in [-0.25, -0.2) is 14.8 Å². The summed E-state index contributed by atoms with van der Waals surface area (Å²) in [6.07, 6.45) is 3.51. The number of aromatic nitrogens is 2. The van der Waals surface area contributed by atoms with Crippen molar-refractivity contribution in [3.05, 3.63) is 41.7 Å². The molecule has 1 aliphatic rings. The summed E-state index contributed by atoms with van der Waals surface area (Å²) in [6, 6.07) is 9.71. The molecule has 2 N–H and O–H groups in total. The molecule has 0 atom stereocenters. The number of nitrogens with zero attached hydrogens (tertiary/aromatic N) is 2. The molecular weight excluding hydrogens is 356 g/mol. The smallest absolute Gasteiger partial charge is 0.319 e. The van der Waals surface area contributed by atoms with Gasteiger partial charge in [0, 0.05) is 17.4 Å². The number of ether oxygens (including phenoxy) is 2. The molecule has 0 bridgehead atoms. The largest absolute Gasteiger partial charge is 0.492 e. The average molecular weight is 384 g/mol. The molecule has 0 radical (unpaired) electrons. The highest BCUT2D eigenvalue weighted by Crippen LogP contribution is 2.25. The number of aryl methyl sites for hydroxylation is 2. The van der Waals surface area contributed by atoms with E-state index in [9.17, 15) is 4.79 Å². The van der Waals surface area contributed by atoms with Gasteiger partial charge in [0.05, 0.1) is 12.3 Å². The fraction of sp³-hybridized carbons (Fsp3) is 0.476. The second-order valence-corrected chi connectivity index (χ2v) is 7.05. The standard InChI is InChI=1S/C21H28N4O3/c1-4-27-19-8-6-5-7-18(19)25-20(26)24-16-9-11-17(12-10-16)28-21-22-14(2)13-15(3)23-21/h5-8,13,16-17H,4,9-12H2,1-3H3,(H2,24,25,26). The van der Waals surface area contributed by atoms with Crippen LogP contribution in [0.3, 0.4) is 0 Å². The third-order valence-electron chi connectivity index (χ3n) is 4.68. The number of benzene rings is 1. The van der Waals surface area contributed by atoms with Gasteiger partial charge >= 0.3 is 12.0 Å². The van der Waals surface area contributed by atoms with Crippen molar-refractivity contribution >= 4 is 11.7 Å². The number of hydrogen-bond acceptors (Lipinski definition) is 5. The van der Waals surface area contributed by atoms with E-state index in [-0.39, 0.29) is 18.2 Å². The summed E-state index contributed by atoms with van der Waals surface area (Å²) in [4.78, 5) is 21.0. The quantitative estimate of drug-likeness (QED) is 0.786. The first kappa shape index (κ1) is 19.9.